The largest absolute Gasteiger partial charge is 0.469 e. The fraction of sp³-hybridized carbons (Fsp3) is 0.571. The van der Waals surface area contributed by atoms with E-state index in [9.17, 15) is 5.11 Å². The molecule has 0 saturated carbocycles. The van der Waals surface area contributed by atoms with Gasteiger partial charge in [0.1, 0.15) is 22.9 Å². The predicted octanol–water partition coefficient (Wildman–Crippen LogP) is 2.65. The predicted molar refractivity (Wildman–Crippen MR) is 107 cm³/mol. The second kappa shape index (κ2) is 9.30. The van der Waals surface area contributed by atoms with E-state index in [1.165, 1.54) is 0 Å². The Morgan fingerprint density at radius 1 is 1.36 bits per heavy atom. The number of hydrogen-bond acceptors (Lipinski definition) is 5. The second-order valence-corrected chi connectivity index (χ2v) is 7.54. The molecule has 0 bridgehead atoms. The third-order valence-corrected chi connectivity index (χ3v) is 4.93. The molecular formula is C21H31N3O4. The molecule has 3 heterocycles. The molecule has 2 aromatic rings. The van der Waals surface area contributed by atoms with Crippen LogP contribution in [0.4, 0.5) is 0 Å². The summed E-state index contributed by atoms with van der Waals surface area (Å²) >= 11 is 0. The number of nitrogens with zero attached hydrogens (tertiary/aromatic N) is 1. The molecule has 0 aliphatic carbocycles. The molecule has 2 atom stereocenters. The number of aliphatic hydroxyl groups is 1. The average Bonchev–Trinajstić information content (AvgIpc) is 3.39. The molecule has 1 aliphatic heterocycles. The van der Waals surface area contributed by atoms with E-state index in [0.29, 0.717) is 19.0 Å². The Morgan fingerprint density at radius 2 is 2.21 bits per heavy atom. The Balaban J connectivity index is 1.62. The van der Waals surface area contributed by atoms with Crippen molar-refractivity contribution in [1.29, 1.82) is 0 Å². The van der Waals surface area contributed by atoms with Crippen molar-refractivity contribution in [1.82, 2.24) is 10.6 Å². The quantitative estimate of drug-likeness (QED) is 0.475. The minimum Gasteiger partial charge on any atom is -0.469 e. The fourth-order valence-corrected chi connectivity index (χ4v) is 3.43. The highest BCUT2D eigenvalue weighted by Crippen LogP contribution is 2.27. The van der Waals surface area contributed by atoms with Gasteiger partial charge in [0.2, 0.25) is 0 Å². The van der Waals surface area contributed by atoms with Crippen LogP contribution in [0.1, 0.15) is 42.6 Å². The van der Waals surface area contributed by atoms with Crippen molar-refractivity contribution in [2.75, 3.05) is 26.2 Å². The van der Waals surface area contributed by atoms with Gasteiger partial charge < -0.3 is 29.3 Å². The summed E-state index contributed by atoms with van der Waals surface area (Å²) in [5.41, 5.74) is -0.343. The molecule has 2 aromatic heterocycles. The number of aliphatic imine (C=N–C) groups is 1. The van der Waals surface area contributed by atoms with Crippen LogP contribution >= 0.6 is 0 Å². The second-order valence-electron chi connectivity index (χ2n) is 7.54. The number of rotatable bonds is 8. The van der Waals surface area contributed by atoms with Crippen molar-refractivity contribution >= 4 is 5.96 Å². The molecule has 154 valence electrons. The first kappa shape index (κ1) is 20.5. The molecule has 1 saturated heterocycles. The van der Waals surface area contributed by atoms with Crippen LogP contribution in [0, 0.1) is 13.8 Å². The van der Waals surface area contributed by atoms with Crippen LogP contribution < -0.4 is 10.6 Å². The smallest absolute Gasteiger partial charge is 0.191 e. The summed E-state index contributed by atoms with van der Waals surface area (Å²) in [6.45, 7) is 7.90. The summed E-state index contributed by atoms with van der Waals surface area (Å²) in [6.07, 6.45) is 4.78. The standard InChI is InChI=1S/C21H31N3O4/c1-15-12-19(16(2)28-15)21(3,25)14-24-20(23-13-18-7-5-11-27-18)22-9-8-17-6-4-10-26-17/h4,6,10,12,18,25H,5,7-9,11,13-14H2,1-3H3,(H2,22,23,24). The van der Waals surface area contributed by atoms with Gasteiger partial charge in [-0.1, -0.05) is 0 Å². The Labute approximate surface area is 166 Å². The van der Waals surface area contributed by atoms with Crippen LogP contribution in [-0.2, 0) is 16.8 Å². The topological polar surface area (TPSA) is 92.2 Å². The third-order valence-electron chi connectivity index (χ3n) is 4.93. The molecule has 0 aromatic carbocycles. The monoisotopic (exact) mass is 389 g/mol. The molecule has 28 heavy (non-hydrogen) atoms. The maximum absolute atomic E-state index is 10.9. The summed E-state index contributed by atoms with van der Waals surface area (Å²) in [6, 6.07) is 5.70. The van der Waals surface area contributed by atoms with Gasteiger partial charge in [-0.25, -0.2) is 4.99 Å². The maximum Gasteiger partial charge on any atom is 0.191 e. The average molecular weight is 389 g/mol. The molecule has 0 spiro atoms. The van der Waals surface area contributed by atoms with Gasteiger partial charge in [-0.3, -0.25) is 0 Å². The van der Waals surface area contributed by atoms with Crippen LogP contribution in [-0.4, -0.2) is 43.4 Å². The summed E-state index contributed by atoms with van der Waals surface area (Å²) in [5.74, 6) is 3.07. The van der Waals surface area contributed by atoms with Crippen molar-refractivity contribution in [3.05, 3.63) is 47.3 Å². The third kappa shape index (κ3) is 5.62. The van der Waals surface area contributed by atoms with Gasteiger partial charge in [0.15, 0.2) is 5.96 Å². The minimum absolute atomic E-state index is 0.205. The molecule has 1 aliphatic rings. The molecular weight excluding hydrogens is 358 g/mol. The van der Waals surface area contributed by atoms with Gasteiger partial charge in [0, 0.05) is 31.7 Å². The molecule has 2 unspecified atom stereocenters. The van der Waals surface area contributed by atoms with Crippen molar-refractivity contribution in [3.8, 4) is 0 Å². The zero-order chi connectivity index (χ0) is 20.0. The van der Waals surface area contributed by atoms with E-state index in [2.05, 4.69) is 15.6 Å². The van der Waals surface area contributed by atoms with E-state index in [1.54, 1.807) is 13.2 Å². The SMILES string of the molecule is Cc1cc(C(C)(O)CN=C(NCCc2ccco2)NCC2CCCO2)c(C)o1. The fourth-order valence-electron chi connectivity index (χ4n) is 3.43. The van der Waals surface area contributed by atoms with Crippen LogP contribution in [0.5, 0.6) is 0 Å². The summed E-state index contributed by atoms with van der Waals surface area (Å²) in [4.78, 5) is 4.62. The van der Waals surface area contributed by atoms with Crippen LogP contribution in [0.25, 0.3) is 0 Å². The molecule has 7 nitrogen and oxygen atoms in total. The zero-order valence-corrected chi connectivity index (χ0v) is 17.0. The van der Waals surface area contributed by atoms with Crippen LogP contribution in [0.15, 0.2) is 38.3 Å². The van der Waals surface area contributed by atoms with Gasteiger partial charge in [-0.05, 0) is 51.8 Å². The van der Waals surface area contributed by atoms with E-state index in [0.717, 1.165) is 48.7 Å². The normalized spacial score (nSPS) is 19.6. The first-order chi connectivity index (χ1) is 13.4. The molecule has 1 fully saturated rings. The van der Waals surface area contributed by atoms with E-state index in [4.69, 9.17) is 13.6 Å². The Bertz CT molecular complexity index is 759. The summed E-state index contributed by atoms with van der Waals surface area (Å²) in [7, 11) is 0. The lowest BCUT2D eigenvalue weighted by Crippen LogP contribution is -2.42. The Kier molecular flexibility index (Phi) is 6.80. The number of aryl methyl sites for hydroxylation is 2. The van der Waals surface area contributed by atoms with E-state index in [1.807, 2.05) is 32.0 Å². The van der Waals surface area contributed by atoms with Gasteiger partial charge in [0.25, 0.3) is 0 Å². The lowest BCUT2D eigenvalue weighted by molar-refractivity contribution is 0.0656. The summed E-state index contributed by atoms with van der Waals surface area (Å²) in [5, 5.41) is 17.6. The van der Waals surface area contributed by atoms with E-state index in [-0.39, 0.29) is 12.6 Å². The highest BCUT2D eigenvalue weighted by molar-refractivity contribution is 5.79. The van der Waals surface area contributed by atoms with Gasteiger partial charge >= 0.3 is 0 Å². The van der Waals surface area contributed by atoms with Crippen molar-refractivity contribution in [2.24, 2.45) is 4.99 Å². The lowest BCUT2D eigenvalue weighted by atomic mass is 9.96. The number of ether oxygens (including phenoxy) is 1. The minimum atomic E-state index is -1.11. The summed E-state index contributed by atoms with van der Waals surface area (Å²) < 4.78 is 16.6. The van der Waals surface area contributed by atoms with Crippen LogP contribution in [0.2, 0.25) is 0 Å². The Hall–Kier alpha value is -2.25. The van der Waals surface area contributed by atoms with Crippen molar-refractivity contribution in [2.45, 2.75) is 51.7 Å². The van der Waals surface area contributed by atoms with Crippen molar-refractivity contribution in [3.63, 3.8) is 0 Å². The number of guanidine groups is 1. The highest BCUT2D eigenvalue weighted by atomic mass is 16.5. The Morgan fingerprint density at radius 3 is 2.86 bits per heavy atom. The number of furan rings is 2. The molecule has 0 amide bonds. The van der Waals surface area contributed by atoms with Crippen molar-refractivity contribution < 1.29 is 18.7 Å². The van der Waals surface area contributed by atoms with Gasteiger partial charge in [-0.2, -0.15) is 0 Å². The number of hydrogen-bond donors (Lipinski definition) is 3. The van der Waals surface area contributed by atoms with E-state index >= 15 is 0 Å². The lowest BCUT2D eigenvalue weighted by Gasteiger charge is -2.22. The maximum atomic E-state index is 10.9. The highest BCUT2D eigenvalue weighted by Gasteiger charge is 2.27. The van der Waals surface area contributed by atoms with Gasteiger partial charge in [0.05, 0.1) is 18.9 Å². The first-order valence-electron chi connectivity index (χ1n) is 9.90. The van der Waals surface area contributed by atoms with E-state index < -0.39 is 5.60 Å². The molecule has 0 radical (unpaired) electrons. The zero-order valence-electron chi connectivity index (χ0n) is 17.0. The number of nitrogens with one attached hydrogen (secondary N) is 2. The molecule has 3 rings (SSSR count). The van der Waals surface area contributed by atoms with Crippen LogP contribution in [0.3, 0.4) is 0 Å². The molecule has 7 heteroatoms. The molecule has 3 N–H and O–H groups in total. The first-order valence-corrected chi connectivity index (χ1v) is 9.90. The van der Waals surface area contributed by atoms with Gasteiger partial charge in [-0.15, -0.1) is 0 Å².